The Morgan fingerprint density at radius 2 is 1.76 bits per heavy atom. The maximum Gasteiger partial charge on any atom is 0.270 e. The second-order valence-corrected chi connectivity index (χ2v) is 8.53. The molecule has 3 aromatic rings. The average Bonchev–Trinajstić information content (AvgIpc) is 2.85. The van der Waals surface area contributed by atoms with Gasteiger partial charge in [-0.2, -0.15) is 0 Å². The van der Waals surface area contributed by atoms with Gasteiger partial charge in [0, 0.05) is 59.9 Å². The summed E-state index contributed by atoms with van der Waals surface area (Å²) in [5, 5.41) is 11.3. The molecule has 0 unspecified atom stereocenters. The molecule has 4 rings (SSSR count). The highest BCUT2D eigenvalue weighted by molar-refractivity contribution is 7.99. The van der Waals surface area contributed by atoms with Crippen molar-refractivity contribution in [2.45, 2.75) is 9.79 Å². The molecule has 1 heterocycles. The van der Waals surface area contributed by atoms with Crippen LogP contribution in [0.15, 0.2) is 76.5 Å². The van der Waals surface area contributed by atoms with Gasteiger partial charge in [-0.05, 0) is 30.3 Å². The summed E-state index contributed by atoms with van der Waals surface area (Å²) < 4.78 is 19.5. The number of benzene rings is 3. The largest absolute Gasteiger partial charge is 0.497 e. The lowest BCUT2D eigenvalue weighted by Crippen LogP contribution is -2.48. The maximum absolute atomic E-state index is 14.2. The van der Waals surface area contributed by atoms with Gasteiger partial charge in [-0.25, -0.2) is 4.39 Å². The second-order valence-electron chi connectivity index (χ2n) is 7.45. The predicted octanol–water partition coefficient (Wildman–Crippen LogP) is 4.86. The van der Waals surface area contributed by atoms with Crippen molar-refractivity contribution in [1.29, 1.82) is 0 Å². The number of anilines is 1. The number of rotatable bonds is 6. The number of nitrogens with zero attached hydrogens (tertiary/aromatic N) is 3. The third-order valence-corrected chi connectivity index (χ3v) is 6.57. The monoisotopic (exact) mass is 467 g/mol. The first-order valence-electron chi connectivity index (χ1n) is 10.4. The van der Waals surface area contributed by atoms with Crippen LogP contribution in [-0.4, -0.2) is 49.0 Å². The Morgan fingerprint density at radius 1 is 1.00 bits per heavy atom. The Bertz CT molecular complexity index is 1180. The van der Waals surface area contributed by atoms with Crippen molar-refractivity contribution < 1.29 is 18.8 Å². The molecule has 0 atom stereocenters. The van der Waals surface area contributed by atoms with E-state index in [1.165, 1.54) is 24.3 Å². The van der Waals surface area contributed by atoms with Crippen molar-refractivity contribution in [3.63, 3.8) is 0 Å². The quantitative estimate of drug-likeness (QED) is 0.381. The van der Waals surface area contributed by atoms with E-state index in [4.69, 9.17) is 4.74 Å². The molecule has 1 fully saturated rings. The summed E-state index contributed by atoms with van der Waals surface area (Å²) in [6.07, 6.45) is 0. The Kier molecular flexibility index (Phi) is 6.79. The van der Waals surface area contributed by atoms with E-state index in [2.05, 4.69) is 4.90 Å². The summed E-state index contributed by atoms with van der Waals surface area (Å²) in [6, 6.07) is 18.1. The number of nitro benzene ring substituents is 1. The van der Waals surface area contributed by atoms with Crippen LogP contribution in [0.4, 0.5) is 15.8 Å². The minimum Gasteiger partial charge on any atom is -0.497 e. The van der Waals surface area contributed by atoms with Crippen LogP contribution < -0.4 is 9.64 Å². The SMILES string of the molecule is COc1cccc(N2CCN(C(=O)c3cc([N+](=O)[O-])ccc3Sc3ccccc3F)CC2)c1. The molecule has 1 saturated heterocycles. The Labute approximate surface area is 194 Å². The van der Waals surface area contributed by atoms with Gasteiger partial charge in [0.2, 0.25) is 0 Å². The molecule has 0 bridgehead atoms. The summed E-state index contributed by atoms with van der Waals surface area (Å²) in [4.78, 5) is 28.8. The van der Waals surface area contributed by atoms with Crippen LogP contribution in [0.5, 0.6) is 5.75 Å². The van der Waals surface area contributed by atoms with E-state index in [1.54, 1.807) is 30.2 Å². The maximum atomic E-state index is 14.2. The van der Waals surface area contributed by atoms with Crippen LogP contribution in [0.25, 0.3) is 0 Å². The summed E-state index contributed by atoms with van der Waals surface area (Å²) in [7, 11) is 1.62. The number of ether oxygens (including phenoxy) is 1. The van der Waals surface area contributed by atoms with Crippen molar-refractivity contribution in [2.24, 2.45) is 0 Å². The highest BCUT2D eigenvalue weighted by Gasteiger charge is 2.26. The normalized spacial score (nSPS) is 13.6. The molecule has 0 radical (unpaired) electrons. The summed E-state index contributed by atoms with van der Waals surface area (Å²) in [5.41, 5.74) is 1.03. The third-order valence-electron chi connectivity index (χ3n) is 5.45. The fourth-order valence-electron chi connectivity index (χ4n) is 3.68. The molecule has 9 heteroatoms. The van der Waals surface area contributed by atoms with E-state index >= 15 is 0 Å². The smallest absolute Gasteiger partial charge is 0.270 e. The fraction of sp³-hybridized carbons (Fsp3) is 0.208. The first-order chi connectivity index (χ1) is 16.0. The number of halogens is 1. The highest BCUT2D eigenvalue weighted by Crippen LogP contribution is 2.35. The molecule has 1 aliphatic rings. The van der Waals surface area contributed by atoms with E-state index in [-0.39, 0.29) is 17.2 Å². The van der Waals surface area contributed by atoms with Crippen LogP contribution in [-0.2, 0) is 0 Å². The van der Waals surface area contributed by atoms with Crippen molar-refractivity contribution in [1.82, 2.24) is 4.90 Å². The molecule has 0 aromatic heterocycles. The molecule has 0 saturated carbocycles. The van der Waals surface area contributed by atoms with E-state index in [1.807, 2.05) is 24.3 Å². The molecule has 3 aromatic carbocycles. The van der Waals surface area contributed by atoms with Crippen molar-refractivity contribution in [2.75, 3.05) is 38.2 Å². The molecule has 1 amide bonds. The molecule has 0 N–H and O–H groups in total. The Morgan fingerprint density at radius 3 is 2.45 bits per heavy atom. The Hall–Kier alpha value is -3.59. The van der Waals surface area contributed by atoms with Crippen LogP contribution in [0.2, 0.25) is 0 Å². The van der Waals surface area contributed by atoms with Crippen LogP contribution in [0.3, 0.4) is 0 Å². The first-order valence-corrected chi connectivity index (χ1v) is 11.2. The van der Waals surface area contributed by atoms with Gasteiger partial charge in [0.25, 0.3) is 11.6 Å². The van der Waals surface area contributed by atoms with Crippen LogP contribution in [0, 0.1) is 15.9 Å². The third kappa shape index (κ3) is 5.09. The van der Waals surface area contributed by atoms with Crippen LogP contribution >= 0.6 is 11.8 Å². The lowest BCUT2D eigenvalue weighted by molar-refractivity contribution is -0.384. The molecular formula is C24H22FN3O4S. The number of piperazine rings is 1. The molecule has 1 aliphatic heterocycles. The fourth-order valence-corrected chi connectivity index (χ4v) is 4.62. The van der Waals surface area contributed by atoms with Gasteiger partial charge < -0.3 is 14.5 Å². The van der Waals surface area contributed by atoms with Gasteiger partial charge in [0.1, 0.15) is 11.6 Å². The average molecular weight is 468 g/mol. The lowest BCUT2D eigenvalue weighted by Gasteiger charge is -2.36. The summed E-state index contributed by atoms with van der Waals surface area (Å²) in [6.45, 7) is 2.15. The zero-order valence-electron chi connectivity index (χ0n) is 17.9. The molecular weight excluding hydrogens is 445 g/mol. The van der Waals surface area contributed by atoms with Crippen molar-refractivity contribution in [3.8, 4) is 5.75 Å². The molecule has 0 aliphatic carbocycles. The summed E-state index contributed by atoms with van der Waals surface area (Å²) >= 11 is 1.09. The Balaban J connectivity index is 1.55. The number of non-ortho nitro benzene ring substituents is 1. The zero-order chi connectivity index (χ0) is 23.4. The van der Waals surface area contributed by atoms with Gasteiger partial charge in [-0.1, -0.05) is 30.0 Å². The topological polar surface area (TPSA) is 75.9 Å². The second kappa shape index (κ2) is 9.91. The van der Waals surface area contributed by atoms with Crippen molar-refractivity contribution in [3.05, 3.63) is 88.2 Å². The molecule has 0 spiro atoms. The minimum atomic E-state index is -0.533. The number of carbonyl (C=O) groups excluding carboxylic acids is 1. The van der Waals surface area contributed by atoms with E-state index < -0.39 is 10.7 Å². The zero-order valence-corrected chi connectivity index (χ0v) is 18.8. The first kappa shape index (κ1) is 22.6. The molecule has 7 nitrogen and oxygen atoms in total. The van der Waals surface area contributed by atoms with Crippen LogP contribution in [0.1, 0.15) is 10.4 Å². The number of nitro groups is 1. The highest BCUT2D eigenvalue weighted by atomic mass is 32.2. The van der Waals surface area contributed by atoms with Gasteiger partial charge in [-0.3, -0.25) is 14.9 Å². The van der Waals surface area contributed by atoms with E-state index in [0.717, 1.165) is 23.2 Å². The number of methoxy groups -OCH3 is 1. The predicted molar refractivity (Wildman–Crippen MR) is 125 cm³/mol. The van der Waals surface area contributed by atoms with Gasteiger partial charge in [-0.15, -0.1) is 0 Å². The van der Waals surface area contributed by atoms with Gasteiger partial charge in [0.15, 0.2) is 0 Å². The standard InChI is InChI=1S/C24H22FN3O4S/c1-32-19-6-4-5-17(15-19)26-11-13-27(14-12-26)24(29)20-16-18(28(30)31)9-10-22(20)33-23-8-3-2-7-21(23)25/h2-10,15-16H,11-14H2,1H3. The number of hydrogen-bond donors (Lipinski definition) is 0. The molecule has 33 heavy (non-hydrogen) atoms. The number of carbonyl (C=O) groups is 1. The van der Waals surface area contributed by atoms with Gasteiger partial charge in [0.05, 0.1) is 17.6 Å². The number of hydrogen-bond acceptors (Lipinski definition) is 6. The molecule has 170 valence electrons. The summed E-state index contributed by atoms with van der Waals surface area (Å²) in [5.74, 6) is 0.0476. The number of amides is 1. The van der Waals surface area contributed by atoms with Gasteiger partial charge >= 0.3 is 0 Å². The minimum absolute atomic E-state index is 0.175. The lowest BCUT2D eigenvalue weighted by atomic mass is 10.1. The van der Waals surface area contributed by atoms with Crippen molar-refractivity contribution >= 4 is 29.0 Å². The van der Waals surface area contributed by atoms with E-state index in [0.29, 0.717) is 36.0 Å². The van der Waals surface area contributed by atoms with E-state index in [9.17, 15) is 19.3 Å².